The van der Waals surface area contributed by atoms with Crippen LogP contribution < -0.4 is 0 Å². The van der Waals surface area contributed by atoms with Gasteiger partial charge in [-0.25, -0.2) is 4.68 Å². The maximum atomic E-state index is 5.60. The van der Waals surface area contributed by atoms with Gasteiger partial charge in [-0.3, -0.25) is 4.90 Å². The molecule has 2 heterocycles. The van der Waals surface area contributed by atoms with Crippen molar-refractivity contribution >= 4 is 0 Å². The van der Waals surface area contributed by atoms with Crippen molar-refractivity contribution in [3.05, 3.63) is 71.9 Å². The van der Waals surface area contributed by atoms with Crippen molar-refractivity contribution in [1.29, 1.82) is 0 Å². The summed E-state index contributed by atoms with van der Waals surface area (Å²) in [6, 6.07) is 14.2. The van der Waals surface area contributed by atoms with Gasteiger partial charge >= 0.3 is 0 Å². The van der Waals surface area contributed by atoms with Gasteiger partial charge in [0.25, 0.3) is 0 Å². The fraction of sp³-hybridized carbons (Fsp3) is 0.235. The Balaban J connectivity index is 1.64. The molecule has 0 aliphatic rings. The van der Waals surface area contributed by atoms with Gasteiger partial charge in [0, 0.05) is 18.3 Å². The van der Waals surface area contributed by atoms with Crippen LogP contribution >= 0.6 is 0 Å². The molecule has 0 saturated carbocycles. The molecule has 0 aliphatic carbocycles. The van der Waals surface area contributed by atoms with Gasteiger partial charge in [0.1, 0.15) is 11.5 Å². The molecule has 0 atom stereocenters. The first kappa shape index (κ1) is 13.6. The van der Waals surface area contributed by atoms with Crippen LogP contribution in [0.4, 0.5) is 0 Å². The molecule has 21 heavy (non-hydrogen) atoms. The number of benzene rings is 1. The van der Waals surface area contributed by atoms with Gasteiger partial charge in [-0.1, -0.05) is 18.2 Å². The molecule has 0 aliphatic heterocycles. The van der Waals surface area contributed by atoms with E-state index in [1.807, 2.05) is 60.3 Å². The molecule has 0 saturated heterocycles. The van der Waals surface area contributed by atoms with E-state index in [0.717, 1.165) is 30.3 Å². The summed E-state index contributed by atoms with van der Waals surface area (Å²) in [5.74, 6) is 1.95. The minimum atomic E-state index is 0.796. The molecule has 0 spiro atoms. The van der Waals surface area contributed by atoms with Crippen LogP contribution in [0.5, 0.6) is 0 Å². The molecule has 0 bridgehead atoms. The maximum absolute atomic E-state index is 5.60. The highest BCUT2D eigenvalue weighted by Crippen LogP contribution is 2.12. The lowest BCUT2D eigenvalue weighted by Crippen LogP contribution is -2.16. The Bertz CT molecular complexity index is 700. The lowest BCUT2D eigenvalue weighted by molar-refractivity contribution is 0.285. The van der Waals surface area contributed by atoms with Crippen LogP contribution in [0.15, 0.2) is 59.3 Å². The monoisotopic (exact) mass is 281 g/mol. The summed E-state index contributed by atoms with van der Waals surface area (Å²) in [5.41, 5.74) is 2.26. The van der Waals surface area contributed by atoms with Crippen LogP contribution in [0.1, 0.15) is 17.1 Å². The molecule has 4 nitrogen and oxygen atoms in total. The zero-order chi connectivity index (χ0) is 14.7. The van der Waals surface area contributed by atoms with Gasteiger partial charge in [0.15, 0.2) is 0 Å². The molecular weight excluding hydrogens is 262 g/mol. The van der Waals surface area contributed by atoms with E-state index in [2.05, 4.69) is 23.2 Å². The first-order valence-corrected chi connectivity index (χ1v) is 7.03. The number of hydrogen-bond acceptors (Lipinski definition) is 3. The van der Waals surface area contributed by atoms with Gasteiger partial charge in [-0.2, -0.15) is 5.10 Å². The van der Waals surface area contributed by atoms with E-state index in [1.165, 1.54) is 5.56 Å². The summed E-state index contributed by atoms with van der Waals surface area (Å²) in [7, 11) is 2.08. The SMILES string of the molecule is Cc1ccc(CN(C)Cc2cnn(-c3ccccc3)c2)o1. The van der Waals surface area contributed by atoms with Crippen molar-refractivity contribution in [1.82, 2.24) is 14.7 Å². The molecule has 0 fully saturated rings. The smallest absolute Gasteiger partial charge is 0.118 e. The number of aryl methyl sites for hydroxylation is 1. The van der Waals surface area contributed by atoms with Crippen LogP contribution in [0.25, 0.3) is 5.69 Å². The Hall–Kier alpha value is -2.33. The van der Waals surface area contributed by atoms with E-state index in [9.17, 15) is 0 Å². The zero-order valence-corrected chi connectivity index (χ0v) is 12.4. The van der Waals surface area contributed by atoms with E-state index in [-0.39, 0.29) is 0 Å². The van der Waals surface area contributed by atoms with E-state index in [4.69, 9.17) is 4.42 Å². The Morgan fingerprint density at radius 3 is 2.62 bits per heavy atom. The second-order valence-electron chi connectivity index (χ2n) is 5.31. The maximum Gasteiger partial charge on any atom is 0.118 e. The zero-order valence-electron chi connectivity index (χ0n) is 12.4. The highest BCUT2D eigenvalue weighted by molar-refractivity contribution is 5.30. The quantitative estimate of drug-likeness (QED) is 0.718. The molecule has 3 aromatic rings. The fourth-order valence-electron chi connectivity index (χ4n) is 2.37. The third-order valence-corrected chi connectivity index (χ3v) is 3.33. The summed E-state index contributed by atoms with van der Waals surface area (Å²) >= 11 is 0. The lowest BCUT2D eigenvalue weighted by atomic mass is 10.3. The fourth-order valence-corrected chi connectivity index (χ4v) is 2.37. The van der Waals surface area contributed by atoms with Crippen LogP contribution in [-0.4, -0.2) is 21.7 Å². The van der Waals surface area contributed by atoms with Crippen molar-refractivity contribution in [2.45, 2.75) is 20.0 Å². The van der Waals surface area contributed by atoms with E-state index in [1.54, 1.807) is 0 Å². The van der Waals surface area contributed by atoms with Crippen LogP contribution in [-0.2, 0) is 13.1 Å². The number of para-hydroxylation sites is 1. The van der Waals surface area contributed by atoms with Crippen molar-refractivity contribution in [3.63, 3.8) is 0 Å². The van der Waals surface area contributed by atoms with E-state index >= 15 is 0 Å². The van der Waals surface area contributed by atoms with Crippen LogP contribution in [0.3, 0.4) is 0 Å². The molecule has 3 rings (SSSR count). The largest absolute Gasteiger partial charge is 0.465 e. The van der Waals surface area contributed by atoms with E-state index < -0.39 is 0 Å². The lowest BCUT2D eigenvalue weighted by Gasteiger charge is -2.13. The molecule has 0 amide bonds. The standard InChI is InChI=1S/C17H19N3O/c1-14-8-9-17(21-14)13-19(2)11-15-10-18-20(12-15)16-6-4-3-5-7-16/h3-10,12H,11,13H2,1-2H3. The number of nitrogens with zero attached hydrogens (tertiary/aromatic N) is 3. The minimum absolute atomic E-state index is 0.796. The third-order valence-electron chi connectivity index (χ3n) is 3.33. The van der Waals surface area contributed by atoms with Gasteiger partial charge < -0.3 is 4.42 Å². The van der Waals surface area contributed by atoms with Crippen molar-refractivity contribution in [3.8, 4) is 5.69 Å². The van der Waals surface area contributed by atoms with Gasteiger partial charge in [-0.05, 0) is 38.2 Å². The topological polar surface area (TPSA) is 34.2 Å². The first-order valence-electron chi connectivity index (χ1n) is 7.03. The van der Waals surface area contributed by atoms with E-state index in [0.29, 0.717) is 0 Å². The van der Waals surface area contributed by atoms with Crippen molar-refractivity contribution < 1.29 is 4.42 Å². The average Bonchev–Trinajstić information content (AvgIpc) is 3.09. The predicted octanol–water partition coefficient (Wildman–Crippen LogP) is 3.41. The second-order valence-corrected chi connectivity index (χ2v) is 5.31. The molecule has 2 aromatic heterocycles. The first-order chi connectivity index (χ1) is 10.2. The summed E-state index contributed by atoms with van der Waals surface area (Å²) in [6.07, 6.45) is 3.98. The molecular formula is C17H19N3O. The average molecular weight is 281 g/mol. The number of rotatable bonds is 5. The molecule has 4 heteroatoms. The van der Waals surface area contributed by atoms with Gasteiger partial charge in [-0.15, -0.1) is 0 Å². The molecule has 0 radical (unpaired) electrons. The Morgan fingerprint density at radius 2 is 1.90 bits per heavy atom. The Kier molecular flexibility index (Phi) is 3.88. The van der Waals surface area contributed by atoms with Crippen molar-refractivity contribution in [2.24, 2.45) is 0 Å². The molecule has 0 unspecified atom stereocenters. The van der Waals surface area contributed by atoms with Crippen molar-refractivity contribution in [2.75, 3.05) is 7.05 Å². The number of hydrogen-bond donors (Lipinski definition) is 0. The number of furan rings is 1. The van der Waals surface area contributed by atoms with Crippen LogP contribution in [0.2, 0.25) is 0 Å². The summed E-state index contributed by atoms with van der Waals surface area (Å²) < 4.78 is 7.51. The Morgan fingerprint density at radius 1 is 1.10 bits per heavy atom. The normalized spacial score (nSPS) is 11.2. The molecule has 0 N–H and O–H groups in total. The highest BCUT2D eigenvalue weighted by atomic mass is 16.3. The number of aromatic nitrogens is 2. The third kappa shape index (κ3) is 3.41. The highest BCUT2D eigenvalue weighted by Gasteiger charge is 2.07. The summed E-state index contributed by atoms with van der Waals surface area (Å²) in [4.78, 5) is 2.21. The summed E-state index contributed by atoms with van der Waals surface area (Å²) in [5, 5.41) is 4.42. The molecule has 108 valence electrons. The van der Waals surface area contributed by atoms with Gasteiger partial charge in [0.05, 0.1) is 18.4 Å². The summed E-state index contributed by atoms with van der Waals surface area (Å²) in [6.45, 7) is 3.60. The van der Waals surface area contributed by atoms with Gasteiger partial charge in [0.2, 0.25) is 0 Å². The minimum Gasteiger partial charge on any atom is -0.465 e. The van der Waals surface area contributed by atoms with Crippen LogP contribution in [0, 0.1) is 6.92 Å². The second kappa shape index (κ2) is 5.97. The Labute approximate surface area is 124 Å². The predicted molar refractivity (Wildman–Crippen MR) is 82.2 cm³/mol. The molecule has 1 aromatic carbocycles.